The summed E-state index contributed by atoms with van der Waals surface area (Å²) in [7, 11) is 0. The van der Waals surface area contributed by atoms with Gasteiger partial charge < -0.3 is 15.7 Å². The van der Waals surface area contributed by atoms with Gasteiger partial charge in [-0.05, 0) is 35.4 Å². The van der Waals surface area contributed by atoms with Crippen LogP contribution in [0.5, 0.6) is 0 Å². The van der Waals surface area contributed by atoms with E-state index in [0.717, 1.165) is 10.5 Å². The first-order valence-electron chi connectivity index (χ1n) is 7.95. The van der Waals surface area contributed by atoms with Crippen LogP contribution in [0.1, 0.15) is 34.8 Å². The van der Waals surface area contributed by atoms with Crippen molar-refractivity contribution in [3.63, 3.8) is 0 Å². The molecule has 0 saturated heterocycles. The third-order valence-electron chi connectivity index (χ3n) is 3.65. The third kappa shape index (κ3) is 6.20. The molecule has 1 aromatic heterocycles. The van der Waals surface area contributed by atoms with Crippen molar-refractivity contribution < 1.29 is 19.5 Å². The number of amides is 2. The summed E-state index contributed by atoms with van der Waals surface area (Å²) in [5.74, 6) is -1.53. The summed E-state index contributed by atoms with van der Waals surface area (Å²) in [4.78, 5) is 36.1. The maximum Gasteiger partial charge on any atom is 0.305 e. The largest absolute Gasteiger partial charge is 0.481 e. The van der Waals surface area contributed by atoms with Gasteiger partial charge in [0.05, 0.1) is 12.5 Å². The number of carboxylic acids is 1. The number of benzene rings is 1. The van der Waals surface area contributed by atoms with Crippen LogP contribution in [0.4, 0.5) is 0 Å². The van der Waals surface area contributed by atoms with Crippen molar-refractivity contribution in [3.05, 3.63) is 52.2 Å². The van der Waals surface area contributed by atoms with Crippen LogP contribution in [0, 0.1) is 0 Å². The van der Waals surface area contributed by atoms with E-state index in [0.29, 0.717) is 5.56 Å². The van der Waals surface area contributed by atoms with Crippen LogP contribution in [0.2, 0.25) is 0 Å². The van der Waals surface area contributed by atoms with Gasteiger partial charge in [-0.25, -0.2) is 0 Å². The van der Waals surface area contributed by atoms with E-state index in [-0.39, 0.29) is 31.2 Å². The Hall–Kier alpha value is -2.32. The third-order valence-corrected chi connectivity index (χ3v) is 5.08. The van der Waals surface area contributed by atoms with E-state index >= 15 is 0 Å². The number of hydrogen-bond donors (Lipinski definition) is 3. The van der Waals surface area contributed by atoms with Gasteiger partial charge in [-0.15, -0.1) is 11.8 Å². The van der Waals surface area contributed by atoms with Gasteiger partial charge in [0.2, 0.25) is 5.91 Å². The Morgan fingerprint density at radius 1 is 1.19 bits per heavy atom. The standard InChI is InChI=1S/C18H20N2O4S2/c1-25-14-4-2-12(3-5-14)15(10-17(22)23)20-16(21)6-8-19-18(24)13-7-9-26-11-13/h2-5,7,9,11,15H,6,8,10H2,1H3,(H,19,24)(H,20,21)(H,22,23). The van der Waals surface area contributed by atoms with Gasteiger partial charge in [-0.3, -0.25) is 14.4 Å². The number of hydrogen-bond acceptors (Lipinski definition) is 5. The van der Waals surface area contributed by atoms with Crippen molar-refractivity contribution in [1.82, 2.24) is 10.6 Å². The lowest BCUT2D eigenvalue weighted by Crippen LogP contribution is -2.33. The quantitative estimate of drug-likeness (QED) is 0.570. The van der Waals surface area contributed by atoms with Gasteiger partial charge in [0.1, 0.15) is 0 Å². The number of thiophene rings is 1. The topological polar surface area (TPSA) is 95.5 Å². The average molecular weight is 393 g/mol. The van der Waals surface area contributed by atoms with Gasteiger partial charge in [0, 0.05) is 28.8 Å². The molecule has 0 aliphatic heterocycles. The van der Waals surface area contributed by atoms with Gasteiger partial charge in [-0.1, -0.05) is 12.1 Å². The van der Waals surface area contributed by atoms with E-state index in [2.05, 4.69) is 10.6 Å². The van der Waals surface area contributed by atoms with Crippen LogP contribution in [-0.4, -0.2) is 35.7 Å². The predicted octanol–water partition coefficient (Wildman–Crippen LogP) is 2.92. The molecule has 2 rings (SSSR count). The zero-order valence-electron chi connectivity index (χ0n) is 14.2. The van der Waals surface area contributed by atoms with Crippen molar-refractivity contribution >= 4 is 40.9 Å². The Bertz CT molecular complexity index is 745. The van der Waals surface area contributed by atoms with E-state index in [4.69, 9.17) is 5.11 Å². The van der Waals surface area contributed by atoms with Gasteiger partial charge >= 0.3 is 5.97 Å². The molecule has 0 radical (unpaired) electrons. The second kappa shape index (κ2) is 9.98. The Labute approximate surface area is 160 Å². The Kier molecular flexibility index (Phi) is 7.68. The molecule has 1 aromatic carbocycles. The molecule has 1 unspecified atom stereocenters. The molecule has 0 bridgehead atoms. The molecule has 2 aromatic rings. The SMILES string of the molecule is CSc1ccc(C(CC(=O)O)NC(=O)CCNC(=O)c2ccsc2)cc1. The smallest absolute Gasteiger partial charge is 0.305 e. The van der Waals surface area contributed by atoms with Crippen LogP contribution >= 0.6 is 23.1 Å². The van der Waals surface area contributed by atoms with Crippen molar-refractivity contribution in [2.45, 2.75) is 23.8 Å². The first-order chi connectivity index (χ1) is 12.5. The van der Waals surface area contributed by atoms with E-state index < -0.39 is 12.0 Å². The molecule has 1 atom stereocenters. The number of thioether (sulfide) groups is 1. The summed E-state index contributed by atoms with van der Waals surface area (Å²) >= 11 is 3.01. The average Bonchev–Trinajstić information content (AvgIpc) is 3.15. The Morgan fingerprint density at radius 3 is 2.50 bits per heavy atom. The van der Waals surface area contributed by atoms with E-state index in [1.165, 1.54) is 11.3 Å². The molecule has 2 amide bonds. The monoisotopic (exact) mass is 392 g/mol. The minimum absolute atomic E-state index is 0.0783. The zero-order valence-corrected chi connectivity index (χ0v) is 15.9. The first kappa shape index (κ1) is 20.0. The summed E-state index contributed by atoms with van der Waals surface area (Å²) in [6, 6.07) is 8.52. The summed E-state index contributed by atoms with van der Waals surface area (Å²) < 4.78 is 0. The van der Waals surface area contributed by atoms with E-state index in [1.54, 1.807) is 28.6 Å². The normalized spacial score (nSPS) is 11.6. The summed E-state index contributed by atoms with van der Waals surface area (Å²) in [5, 5.41) is 18.0. The maximum absolute atomic E-state index is 12.1. The van der Waals surface area contributed by atoms with Gasteiger partial charge in [-0.2, -0.15) is 11.3 Å². The fourth-order valence-electron chi connectivity index (χ4n) is 2.31. The van der Waals surface area contributed by atoms with Crippen LogP contribution in [0.25, 0.3) is 0 Å². The molecule has 3 N–H and O–H groups in total. The van der Waals surface area contributed by atoms with Crippen molar-refractivity contribution in [2.24, 2.45) is 0 Å². The summed E-state index contributed by atoms with van der Waals surface area (Å²) in [6.07, 6.45) is 1.83. The molecule has 138 valence electrons. The molecule has 0 fully saturated rings. The Morgan fingerprint density at radius 2 is 1.92 bits per heavy atom. The molecule has 8 heteroatoms. The highest BCUT2D eigenvalue weighted by Crippen LogP contribution is 2.21. The molecule has 0 aliphatic rings. The lowest BCUT2D eigenvalue weighted by molar-refractivity contribution is -0.137. The van der Waals surface area contributed by atoms with Crippen LogP contribution < -0.4 is 10.6 Å². The molecule has 0 aliphatic carbocycles. The molecule has 6 nitrogen and oxygen atoms in total. The number of carbonyl (C=O) groups is 3. The van der Waals surface area contributed by atoms with Gasteiger partial charge in [0.25, 0.3) is 5.91 Å². The fraction of sp³-hybridized carbons (Fsp3) is 0.278. The number of carbonyl (C=O) groups excluding carboxylic acids is 2. The molecule has 1 heterocycles. The van der Waals surface area contributed by atoms with E-state index in [1.807, 2.05) is 30.5 Å². The number of aliphatic carboxylic acids is 1. The summed E-state index contributed by atoms with van der Waals surface area (Å²) in [5.41, 5.74) is 1.30. The molecule has 0 saturated carbocycles. The predicted molar refractivity (Wildman–Crippen MR) is 103 cm³/mol. The molecule has 0 spiro atoms. The minimum Gasteiger partial charge on any atom is -0.481 e. The van der Waals surface area contributed by atoms with Crippen LogP contribution in [0.3, 0.4) is 0 Å². The molecular formula is C18H20N2O4S2. The van der Waals surface area contributed by atoms with Crippen LogP contribution in [0.15, 0.2) is 46.0 Å². The highest BCUT2D eigenvalue weighted by atomic mass is 32.2. The Balaban J connectivity index is 1.89. The number of rotatable bonds is 9. The lowest BCUT2D eigenvalue weighted by atomic mass is 10.0. The summed E-state index contributed by atoms with van der Waals surface area (Å²) in [6.45, 7) is 0.186. The number of nitrogens with one attached hydrogen (secondary N) is 2. The lowest BCUT2D eigenvalue weighted by Gasteiger charge is -2.18. The maximum atomic E-state index is 12.1. The van der Waals surface area contributed by atoms with Gasteiger partial charge in [0.15, 0.2) is 0 Å². The van der Waals surface area contributed by atoms with E-state index in [9.17, 15) is 14.4 Å². The highest BCUT2D eigenvalue weighted by Gasteiger charge is 2.18. The number of carboxylic acid groups (broad SMARTS) is 1. The minimum atomic E-state index is -0.991. The van der Waals surface area contributed by atoms with Crippen LogP contribution in [-0.2, 0) is 9.59 Å². The second-order valence-corrected chi connectivity index (χ2v) is 7.17. The highest BCUT2D eigenvalue weighted by molar-refractivity contribution is 7.98. The fourth-order valence-corrected chi connectivity index (χ4v) is 3.36. The van der Waals surface area contributed by atoms with Crippen molar-refractivity contribution in [1.29, 1.82) is 0 Å². The first-order valence-corrected chi connectivity index (χ1v) is 10.1. The second-order valence-electron chi connectivity index (χ2n) is 5.51. The molecule has 26 heavy (non-hydrogen) atoms. The molecular weight excluding hydrogens is 372 g/mol. The zero-order chi connectivity index (χ0) is 18.9. The van der Waals surface area contributed by atoms with Crippen molar-refractivity contribution in [2.75, 3.05) is 12.8 Å². The van der Waals surface area contributed by atoms with Crippen molar-refractivity contribution in [3.8, 4) is 0 Å².